The molecular weight excluding hydrogens is 306 g/mol. The Balaban J connectivity index is 1.99. The number of hydrogen-bond acceptors (Lipinski definition) is 2. The van der Waals surface area contributed by atoms with Crippen LogP contribution < -0.4 is 0 Å². The number of benzene rings is 1. The molecule has 0 aliphatic carbocycles. The highest BCUT2D eigenvalue weighted by molar-refractivity contribution is 9.09. The van der Waals surface area contributed by atoms with E-state index in [1.807, 2.05) is 0 Å². The molecule has 0 aliphatic rings. The number of thiazole rings is 1. The summed E-state index contributed by atoms with van der Waals surface area (Å²) in [6.45, 7) is 4.20. The first-order valence-corrected chi connectivity index (χ1v) is 8.20. The van der Waals surface area contributed by atoms with E-state index in [4.69, 9.17) is 0 Å². The van der Waals surface area contributed by atoms with E-state index in [2.05, 4.69) is 64.4 Å². The molecule has 0 bridgehead atoms. The fourth-order valence-electron chi connectivity index (χ4n) is 2.04. The summed E-state index contributed by atoms with van der Waals surface area (Å²) in [6, 6.07) is 8.84. The number of alkyl halides is 1. The molecule has 1 aromatic carbocycles. The van der Waals surface area contributed by atoms with E-state index in [0.717, 1.165) is 23.2 Å². The maximum Gasteiger partial charge on any atom is 0.0897 e. The van der Waals surface area contributed by atoms with Gasteiger partial charge in [0, 0.05) is 10.7 Å². The van der Waals surface area contributed by atoms with Crippen LogP contribution in [0.1, 0.15) is 21.8 Å². The molecule has 0 saturated heterocycles. The zero-order valence-electron chi connectivity index (χ0n) is 10.8. The first kappa shape index (κ1) is 13.8. The standard InChI is InChI=1S/C15H18BrNS/c1-11-3-5-13(6-4-11)7-14(9-16)8-15-10-18-12(2)17-15/h3-6,10,14H,7-9H2,1-2H3. The molecule has 3 heteroatoms. The van der Waals surface area contributed by atoms with E-state index in [1.165, 1.54) is 16.8 Å². The summed E-state index contributed by atoms with van der Waals surface area (Å²) in [5, 5.41) is 4.37. The Morgan fingerprint density at radius 3 is 2.44 bits per heavy atom. The van der Waals surface area contributed by atoms with Gasteiger partial charge >= 0.3 is 0 Å². The molecule has 2 aromatic rings. The minimum atomic E-state index is 0.620. The Morgan fingerprint density at radius 2 is 1.89 bits per heavy atom. The van der Waals surface area contributed by atoms with Gasteiger partial charge in [0.25, 0.3) is 0 Å². The molecule has 0 saturated carbocycles. The van der Waals surface area contributed by atoms with Gasteiger partial charge in [0.1, 0.15) is 0 Å². The molecule has 0 aliphatic heterocycles. The van der Waals surface area contributed by atoms with Crippen molar-refractivity contribution < 1.29 is 0 Å². The molecule has 1 unspecified atom stereocenters. The Morgan fingerprint density at radius 1 is 1.17 bits per heavy atom. The van der Waals surface area contributed by atoms with Gasteiger partial charge in [-0.25, -0.2) is 4.98 Å². The number of aromatic nitrogens is 1. The highest BCUT2D eigenvalue weighted by atomic mass is 79.9. The van der Waals surface area contributed by atoms with Crippen LogP contribution in [0.4, 0.5) is 0 Å². The van der Waals surface area contributed by atoms with Crippen LogP contribution in [0.5, 0.6) is 0 Å². The van der Waals surface area contributed by atoms with Crippen LogP contribution in [0.25, 0.3) is 0 Å². The van der Waals surface area contributed by atoms with E-state index in [0.29, 0.717) is 5.92 Å². The van der Waals surface area contributed by atoms with Crippen LogP contribution in [0.3, 0.4) is 0 Å². The van der Waals surface area contributed by atoms with Gasteiger partial charge in [0.05, 0.1) is 10.7 Å². The van der Waals surface area contributed by atoms with Gasteiger partial charge in [0.2, 0.25) is 0 Å². The molecule has 18 heavy (non-hydrogen) atoms. The van der Waals surface area contributed by atoms with E-state index in [-0.39, 0.29) is 0 Å². The number of nitrogens with zero attached hydrogens (tertiary/aromatic N) is 1. The van der Waals surface area contributed by atoms with Crippen LogP contribution in [0.2, 0.25) is 0 Å². The van der Waals surface area contributed by atoms with Gasteiger partial charge in [-0.05, 0) is 38.2 Å². The highest BCUT2D eigenvalue weighted by Crippen LogP contribution is 2.18. The fourth-order valence-corrected chi connectivity index (χ4v) is 3.12. The van der Waals surface area contributed by atoms with Gasteiger partial charge in [-0.2, -0.15) is 0 Å². The second-order valence-corrected chi connectivity index (χ2v) is 6.48. The molecule has 1 heterocycles. The minimum absolute atomic E-state index is 0.620. The molecule has 0 N–H and O–H groups in total. The quantitative estimate of drug-likeness (QED) is 0.735. The molecular formula is C15H18BrNS. The summed E-state index contributed by atoms with van der Waals surface area (Å²) in [5.41, 5.74) is 3.97. The summed E-state index contributed by atoms with van der Waals surface area (Å²) in [6.07, 6.45) is 2.17. The number of hydrogen-bond donors (Lipinski definition) is 0. The Bertz CT molecular complexity index is 489. The third-order valence-electron chi connectivity index (χ3n) is 3.03. The molecule has 0 spiro atoms. The summed E-state index contributed by atoms with van der Waals surface area (Å²) in [5.74, 6) is 0.620. The van der Waals surface area contributed by atoms with E-state index < -0.39 is 0 Å². The molecule has 0 amide bonds. The summed E-state index contributed by atoms with van der Waals surface area (Å²) in [7, 11) is 0. The number of rotatable bonds is 5. The van der Waals surface area contributed by atoms with Crippen LogP contribution in [0.15, 0.2) is 29.6 Å². The lowest BCUT2D eigenvalue weighted by molar-refractivity contribution is 0.584. The Hall–Kier alpha value is -0.670. The van der Waals surface area contributed by atoms with E-state index in [1.54, 1.807) is 11.3 Å². The lowest BCUT2D eigenvalue weighted by Gasteiger charge is -2.12. The zero-order valence-corrected chi connectivity index (χ0v) is 13.2. The van der Waals surface area contributed by atoms with Crippen molar-refractivity contribution in [2.24, 2.45) is 5.92 Å². The van der Waals surface area contributed by atoms with Gasteiger partial charge in [0.15, 0.2) is 0 Å². The molecule has 0 radical (unpaired) electrons. The third-order valence-corrected chi connectivity index (χ3v) is 4.77. The smallest absolute Gasteiger partial charge is 0.0897 e. The van der Waals surface area contributed by atoms with E-state index in [9.17, 15) is 0 Å². The maximum absolute atomic E-state index is 4.55. The fraction of sp³-hybridized carbons (Fsp3) is 0.400. The molecule has 96 valence electrons. The lowest BCUT2D eigenvalue weighted by atomic mass is 9.96. The SMILES string of the molecule is Cc1ccc(CC(CBr)Cc2csc(C)n2)cc1. The lowest BCUT2D eigenvalue weighted by Crippen LogP contribution is -2.10. The number of halogens is 1. The van der Waals surface area contributed by atoms with Crippen molar-refractivity contribution in [2.45, 2.75) is 26.7 Å². The van der Waals surface area contributed by atoms with Crippen molar-refractivity contribution in [1.82, 2.24) is 4.98 Å². The summed E-state index contributed by atoms with van der Waals surface area (Å²) in [4.78, 5) is 4.55. The average Bonchev–Trinajstić information content (AvgIpc) is 2.77. The van der Waals surface area contributed by atoms with Crippen LogP contribution in [-0.2, 0) is 12.8 Å². The molecule has 0 fully saturated rings. The molecule has 1 atom stereocenters. The van der Waals surface area contributed by atoms with E-state index >= 15 is 0 Å². The second kappa shape index (κ2) is 6.48. The van der Waals surface area contributed by atoms with Gasteiger partial charge in [-0.3, -0.25) is 0 Å². The first-order valence-electron chi connectivity index (χ1n) is 6.20. The Labute approximate surface area is 121 Å². The maximum atomic E-state index is 4.55. The van der Waals surface area contributed by atoms with Crippen molar-refractivity contribution in [3.8, 4) is 0 Å². The highest BCUT2D eigenvalue weighted by Gasteiger charge is 2.11. The molecule has 2 rings (SSSR count). The van der Waals surface area contributed by atoms with Crippen LogP contribution in [0, 0.1) is 19.8 Å². The van der Waals surface area contributed by atoms with Gasteiger partial charge in [-0.1, -0.05) is 45.8 Å². The average molecular weight is 324 g/mol. The predicted molar refractivity (Wildman–Crippen MR) is 82.7 cm³/mol. The zero-order chi connectivity index (χ0) is 13.0. The Kier molecular flexibility index (Phi) is 4.95. The predicted octanol–water partition coefficient (Wildman–Crippen LogP) is 4.56. The van der Waals surface area contributed by atoms with Gasteiger partial charge < -0.3 is 0 Å². The van der Waals surface area contributed by atoms with Crippen LogP contribution in [-0.4, -0.2) is 10.3 Å². The van der Waals surface area contributed by atoms with Crippen molar-refractivity contribution in [1.29, 1.82) is 0 Å². The molecule has 1 aromatic heterocycles. The van der Waals surface area contributed by atoms with Crippen molar-refractivity contribution in [3.05, 3.63) is 51.5 Å². The number of aryl methyl sites for hydroxylation is 2. The minimum Gasteiger partial charge on any atom is -0.247 e. The van der Waals surface area contributed by atoms with Gasteiger partial charge in [-0.15, -0.1) is 11.3 Å². The van der Waals surface area contributed by atoms with Crippen molar-refractivity contribution in [3.63, 3.8) is 0 Å². The first-order chi connectivity index (χ1) is 8.67. The second-order valence-electron chi connectivity index (χ2n) is 4.77. The summed E-state index contributed by atoms with van der Waals surface area (Å²) < 4.78 is 0. The normalized spacial score (nSPS) is 12.6. The largest absolute Gasteiger partial charge is 0.247 e. The summed E-state index contributed by atoms with van der Waals surface area (Å²) >= 11 is 5.37. The monoisotopic (exact) mass is 323 g/mol. The van der Waals surface area contributed by atoms with Crippen molar-refractivity contribution >= 4 is 27.3 Å². The van der Waals surface area contributed by atoms with Crippen LogP contribution >= 0.6 is 27.3 Å². The molecule has 1 nitrogen and oxygen atoms in total. The van der Waals surface area contributed by atoms with Crippen molar-refractivity contribution in [2.75, 3.05) is 5.33 Å². The topological polar surface area (TPSA) is 12.9 Å². The third kappa shape index (κ3) is 3.92.